The number of hydrogen-bond donors (Lipinski definition) is 0. The van der Waals surface area contributed by atoms with E-state index in [-0.39, 0.29) is 18.0 Å². The van der Waals surface area contributed by atoms with Gasteiger partial charge in [-0.05, 0) is 39.8 Å². The SMILES string of the molecule is CC(C)(C)c1ccc(COC(=O)c2ccc(-c3ccccc3)cc2)cc1. The van der Waals surface area contributed by atoms with Gasteiger partial charge in [-0.25, -0.2) is 4.79 Å². The van der Waals surface area contributed by atoms with Crippen molar-refractivity contribution < 1.29 is 9.53 Å². The third kappa shape index (κ3) is 4.40. The first-order valence-electron chi connectivity index (χ1n) is 8.85. The van der Waals surface area contributed by atoms with Crippen molar-refractivity contribution >= 4 is 5.97 Å². The van der Waals surface area contributed by atoms with Crippen LogP contribution in [0.3, 0.4) is 0 Å². The van der Waals surface area contributed by atoms with E-state index < -0.39 is 0 Å². The fraction of sp³-hybridized carbons (Fsp3) is 0.208. The lowest BCUT2D eigenvalue weighted by molar-refractivity contribution is 0.0472. The number of rotatable bonds is 4. The zero-order valence-electron chi connectivity index (χ0n) is 15.5. The molecule has 0 aromatic heterocycles. The quantitative estimate of drug-likeness (QED) is 0.542. The lowest BCUT2D eigenvalue weighted by atomic mass is 9.87. The molecule has 3 rings (SSSR count). The smallest absolute Gasteiger partial charge is 0.338 e. The summed E-state index contributed by atoms with van der Waals surface area (Å²) in [6.07, 6.45) is 0. The van der Waals surface area contributed by atoms with Gasteiger partial charge in [0.2, 0.25) is 0 Å². The van der Waals surface area contributed by atoms with Crippen molar-refractivity contribution in [2.75, 3.05) is 0 Å². The lowest BCUT2D eigenvalue weighted by Crippen LogP contribution is -2.11. The highest BCUT2D eigenvalue weighted by Crippen LogP contribution is 2.23. The van der Waals surface area contributed by atoms with Gasteiger partial charge in [0.15, 0.2) is 0 Å². The highest BCUT2D eigenvalue weighted by molar-refractivity contribution is 5.90. The Labute approximate surface area is 155 Å². The highest BCUT2D eigenvalue weighted by Gasteiger charge is 2.13. The van der Waals surface area contributed by atoms with Gasteiger partial charge in [-0.3, -0.25) is 0 Å². The van der Waals surface area contributed by atoms with Crippen LogP contribution in [0.4, 0.5) is 0 Å². The second-order valence-electron chi connectivity index (χ2n) is 7.47. The van der Waals surface area contributed by atoms with Crippen LogP contribution in [0, 0.1) is 0 Å². The normalized spacial score (nSPS) is 11.2. The largest absolute Gasteiger partial charge is 0.457 e. The van der Waals surface area contributed by atoms with Crippen LogP contribution in [0.5, 0.6) is 0 Å². The minimum Gasteiger partial charge on any atom is -0.457 e. The first kappa shape index (κ1) is 17.9. The maximum absolute atomic E-state index is 12.3. The summed E-state index contributed by atoms with van der Waals surface area (Å²) in [5.74, 6) is -0.301. The Bertz CT molecular complexity index is 855. The van der Waals surface area contributed by atoms with Crippen molar-refractivity contribution in [1.82, 2.24) is 0 Å². The van der Waals surface area contributed by atoms with Crippen molar-refractivity contribution in [2.24, 2.45) is 0 Å². The van der Waals surface area contributed by atoms with Crippen LogP contribution < -0.4 is 0 Å². The van der Waals surface area contributed by atoms with E-state index in [0.29, 0.717) is 5.56 Å². The van der Waals surface area contributed by atoms with E-state index >= 15 is 0 Å². The van der Waals surface area contributed by atoms with Gasteiger partial charge in [0.1, 0.15) is 6.61 Å². The van der Waals surface area contributed by atoms with Gasteiger partial charge in [-0.2, -0.15) is 0 Å². The zero-order chi connectivity index (χ0) is 18.6. The number of esters is 1. The summed E-state index contributed by atoms with van der Waals surface area (Å²) in [6, 6.07) is 25.8. The molecule has 0 aliphatic carbocycles. The molecule has 0 spiro atoms. The van der Waals surface area contributed by atoms with E-state index in [9.17, 15) is 4.79 Å². The number of carbonyl (C=O) groups excluding carboxylic acids is 1. The van der Waals surface area contributed by atoms with Crippen LogP contribution in [-0.2, 0) is 16.8 Å². The Morgan fingerprint density at radius 2 is 1.35 bits per heavy atom. The molecule has 2 heteroatoms. The molecule has 132 valence electrons. The summed E-state index contributed by atoms with van der Waals surface area (Å²) in [6.45, 7) is 6.83. The topological polar surface area (TPSA) is 26.3 Å². The molecule has 3 aromatic rings. The Balaban J connectivity index is 1.61. The molecular formula is C24H24O2. The van der Waals surface area contributed by atoms with Crippen LogP contribution in [0.15, 0.2) is 78.9 Å². The van der Waals surface area contributed by atoms with Crippen molar-refractivity contribution in [3.05, 3.63) is 95.6 Å². The van der Waals surface area contributed by atoms with Crippen LogP contribution in [0.1, 0.15) is 42.3 Å². The minimum atomic E-state index is -0.301. The van der Waals surface area contributed by atoms with Gasteiger partial charge in [-0.15, -0.1) is 0 Å². The van der Waals surface area contributed by atoms with Gasteiger partial charge in [0, 0.05) is 0 Å². The molecule has 0 unspecified atom stereocenters. The third-order valence-corrected chi connectivity index (χ3v) is 4.42. The molecule has 2 nitrogen and oxygen atoms in total. The third-order valence-electron chi connectivity index (χ3n) is 4.42. The van der Waals surface area contributed by atoms with Gasteiger partial charge in [0.25, 0.3) is 0 Å². The molecule has 26 heavy (non-hydrogen) atoms. The number of benzene rings is 3. The van der Waals surface area contributed by atoms with Gasteiger partial charge in [-0.1, -0.05) is 87.5 Å². The van der Waals surface area contributed by atoms with Crippen molar-refractivity contribution in [2.45, 2.75) is 32.8 Å². The number of ether oxygens (including phenoxy) is 1. The van der Waals surface area contributed by atoms with Crippen LogP contribution in [0.2, 0.25) is 0 Å². The Morgan fingerprint density at radius 3 is 1.92 bits per heavy atom. The molecule has 0 radical (unpaired) electrons. The first-order valence-corrected chi connectivity index (χ1v) is 8.85. The summed E-state index contributed by atoms with van der Waals surface area (Å²) in [5, 5.41) is 0. The standard InChI is InChI=1S/C24H24O2/c1-24(2,3)22-15-9-18(10-16-22)17-26-23(25)21-13-11-20(12-14-21)19-7-5-4-6-8-19/h4-16H,17H2,1-3H3. The molecule has 0 N–H and O–H groups in total. The van der Waals surface area contributed by atoms with Crippen LogP contribution >= 0.6 is 0 Å². The second kappa shape index (κ2) is 7.57. The lowest BCUT2D eigenvalue weighted by Gasteiger charge is -2.19. The Kier molecular flexibility index (Phi) is 5.22. The van der Waals surface area contributed by atoms with Gasteiger partial charge < -0.3 is 4.74 Å². The average molecular weight is 344 g/mol. The molecule has 0 aliphatic heterocycles. The number of hydrogen-bond acceptors (Lipinski definition) is 2. The summed E-state index contributed by atoms with van der Waals surface area (Å²) in [7, 11) is 0. The molecule has 0 saturated heterocycles. The zero-order valence-corrected chi connectivity index (χ0v) is 15.5. The van der Waals surface area contributed by atoms with E-state index in [1.54, 1.807) is 0 Å². The van der Waals surface area contributed by atoms with E-state index in [1.807, 2.05) is 54.6 Å². The van der Waals surface area contributed by atoms with Crippen molar-refractivity contribution in [3.8, 4) is 11.1 Å². The average Bonchev–Trinajstić information content (AvgIpc) is 2.66. The molecular weight excluding hydrogens is 320 g/mol. The van der Waals surface area contributed by atoms with E-state index in [4.69, 9.17) is 4.74 Å². The second-order valence-corrected chi connectivity index (χ2v) is 7.47. The summed E-state index contributed by atoms with van der Waals surface area (Å²) in [4.78, 5) is 12.3. The predicted octanol–water partition coefficient (Wildman–Crippen LogP) is 6.01. The van der Waals surface area contributed by atoms with E-state index in [0.717, 1.165) is 16.7 Å². The van der Waals surface area contributed by atoms with E-state index in [1.165, 1.54) is 5.56 Å². The molecule has 0 fully saturated rings. The maximum Gasteiger partial charge on any atom is 0.338 e. The first-order chi connectivity index (χ1) is 12.4. The van der Waals surface area contributed by atoms with E-state index in [2.05, 4.69) is 45.0 Å². The molecule has 0 amide bonds. The van der Waals surface area contributed by atoms with Gasteiger partial charge >= 0.3 is 5.97 Å². The molecule has 0 heterocycles. The van der Waals surface area contributed by atoms with Crippen LogP contribution in [-0.4, -0.2) is 5.97 Å². The minimum absolute atomic E-state index is 0.121. The fourth-order valence-electron chi connectivity index (χ4n) is 2.76. The summed E-state index contributed by atoms with van der Waals surface area (Å²) in [5.41, 5.74) is 5.16. The number of carbonyl (C=O) groups is 1. The monoisotopic (exact) mass is 344 g/mol. The molecule has 3 aromatic carbocycles. The predicted molar refractivity (Wildman–Crippen MR) is 106 cm³/mol. The molecule has 0 atom stereocenters. The Morgan fingerprint density at radius 1 is 0.769 bits per heavy atom. The Hall–Kier alpha value is -2.87. The fourth-order valence-corrected chi connectivity index (χ4v) is 2.76. The molecule has 0 bridgehead atoms. The van der Waals surface area contributed by atoms with Gasteiger partial charge in [0.05, 0.1) is 5.56 Å². The van der Waals surface area contributed by atoms with Crippen LogP contribution in [0.25, 0.3) is 11.1 Å². The maximum atomic E-state index is 12.3. The molecule has 0 aliphatic rings. The highest BCUT2D eigenvalue weighted by atomic mass is 16.5. The summed E-state index contributed by atoms with van der Waals surface area (Å²) < 4.78 is 5.45. The molecule has 0 saturated carbocycles. The summed E-state index contributed by atoms with van der Waals surface area (Å²) >= 11 is 0. The van der Waals surface area contributed by atoms with Crippen molar-refractivity contribution in [1.29, 1.82) is 0 Å². The van der Waals surface area contributed by atoms with Crippen molar-refractivity contribution in [3.63, 3.8) is 0 Å².